The van der Waals surface area contributed by atoms with E-state index >= 15 is 0 Å². The van der Waals surface area contributed by atoms with Gasteiger partial charge in [0.1, 0.15) is 6.54 Å². The van der Waals surface area contributed by atoms with E-state index in [2.05, 4.69) is 49.6 Å². The van der Waals surface area contributed by atoms with Crippen molar-refractivity contribution in [1.29, 1.82) is 0 Å². The van der Waals surface area contributed by atoms with Crippen LogP contribution in [0.1, 0.15) is 62.5 Å². The summed E-state index contributed by atoms with van der Waals surface area (Å²) < 4.78 is 2.16. The van der Waals surface area contributed by atoms with Crippen LogP contribution in [0, 0.1) is 13.8 Å². The average molecular weight is 480 g/mol. The average Bonchev–Trinajstić information content (AvgIpc) is 3.23. The van der Waals surface area contributed by atoms with E-state index in [9.17, 15) is 14.4 Å². The van der Waals surface area contributed by atoms with E-state index in [0.29, 0.717) is 18.0 Å². The summed E-state index contributed by atoms with van der Waals surface area (Å²) in [6.07, 6.45) is 4.84. The van der Waals surface area contributed by atoms with E-state index in [1.165, 1.54) is 5.56 Å². The fourth-order valence-corrected chi connectivity index (χ4v) is 5.43. The Morgan fingerprint density at radius 2 is 1.68 bits per heavy atom. The van der Waals surface area contributed by atoms with Gasteiger partial charge < -0.3 is 9.47 Å². The van der Waals surface area contributed by atoms with Crippen molar-refractivity contribution in [2.45, 2.75) is 59.3 Å². The number of thioether (sulfide) groups is 1. The van der Waals surface area contributed by atoms with Crippen molar-refractivity contribution < 1.29 is 14.4 Å². The number of rotatable bonds is 4. The van der Waals surface area contributed by atoms with Gasteiger partial charge in [-0.3, -0.25) is 19.3 Å². The predicted octanol–water partition coefficient (Wildman–Crippen LogP) is 5.44. The molecule has 34 heavy (non-hydrogen) atoms. The molecule has 3 amide bonds. The molecule has 0 aliphatic carbocycles. The van der Waals surface area contributed by atoms with Crippen LogP contribution in [0.3, 0.4) is 0 Å². The summed E-state index contributed by atoms with van der Waals surface area (Å²) in [4.78, 5) is 41.3. The molecule has 2 saturated heterocycles. The predicted molar refractivity (Wildman–Crippen MR) is 137 cm³/mol. The van der Waals surface area contributed by atoms with Crippen LogP contribution in [-0.2, 0) is 15.0 Å². The number of carbonyl (C=O) groups excluding carboxylic acids is 3. The van der Waals surface area contributed by atoms with Crippen molar-refractivity contribution in [1.82, 2.24) is 14.4 Å². The van der Waals surface area contributed by atoms with E-state index in [4.69, 9.17) is 0 Å². The molecule has 3 heterocycles. The monoisotopic (exact) mass is 479 g/mol. The highest BCUT2D eigenvalue weighted by Crippen LogP contribution is 2.34. The molecule has 0 saturated carbocycles. The van der Waals surface area contributed by atoms with Crippen LogP contribution >= 0.6 is 11.8 Å². The summed E-state index contributed by atoms with van der Waals surface area (Å²) in [5.74, 6) is -0.542. The molecule has 0 unspecified atom stereocenters. The van der Waals surface area contributed by atoms with Gasteiger partial charge >= 0.3 is 0 Å². The number of imide groups is 1. The Balaban J connectivity index is 1.55. The number of amides is 3. The Labute approximate surface area is 206 Å². The zero-order valence-corrected chi connectivity index (χ0v) is 21.5. The molecule has 2 aliphatic heterocycles. The quantitative estimate of drug-likeness (QED) is 0.548. The zero-order chi connectivity index (χ0) is 24.6. The Morgan fingerprint density at radius 3 is 2.29 bits per heavy atom. The lowest BCUT2D eigenvalue weighted by molar-refractivity contribution is -0.136. The highest BCUT2D eigenvalue weighted by molar-refractivity contribution is 8.18. The summed E-state index contributed by atoms with van der Waals surface area (Å²) >= 11 is 0.908. The van der Waals surface area contributed by atoms with Crippen molar-refractivity contribution in [3.8, 4) is 5.69 Å². The second-order valence-electron chi connectivity index (χ2n) is 10.2. The van der Waals surface area contributed by atoms with Crippen LogP contribution in [-0.4, -0.2) is 51.1 Å². The van der Waals surface area contributed by atoms with Crippen LogP contribution in [0.4, 0.5) is 4.79 Å². The second kappa shape index (κ2) is 9.45. The molecule has 1 aromatic carbocycles. The molecular weight excluding hydrogens is 446 g/mol. The molecule has 0 atom stereocenters. The van der Waals surface area contributed by atoms with Gasteiger partial charge in [-0.05, 0) is 85.7 Å². The maximum atomic E-state index is 13.0. The fourth-order valence-electron chi connectivity index (χ4n) is 4.60. The lowest BCUT2D eigenvalue weighted by Gasteiger charge is -2.27. The van der Waals surface area contributed by atoms with E-state index in [1.54, 1.807) is 11.0 Å². The lowest BCUT2D eigenvalue weighted by atomic mass is 9.87. The third-order valence-electron chi connectivity index (χ3n) is 6.62. The molecule has 2 fully saturated rings. The van der Waals surface area contributed by atoms with Crippen molar-refractivity contribution in [3.05, 3.63) is 57.8 Å². The summed E-state index contributed by atoms with van der Waals surface area (Å²) in [5, 5.41) is -0.381. The first-order valence-electron chi connectivity index (χ1n) is 11.9. The van der Waals surface area contributed by atoms with Gasteiger partial charge in [0.05, 0.1) is 4.91 Å². The summed E-state index contributed by atoms with van der Waals surface area (Å²) in [7, 11) is 0. The number of aromatic nitrogens is 1. The first kappa shape index (κ1) is 24.3. The smallest absolute Gasteiger partial charge is 0.294 e. The number of benzene rings is 1. The molecule has 0 spiro atoms. The van der Waals surface area contributed by atoms with E-state index in [1.807, 2.05) is 19.9 Å². The largest absolute Gasteiger partial charge is 0.341 e. The van der Waals surface area contributed by atoms with Crippen LogP contribution in [0.15, 0.2) is 35.2 Å². The van der Waals surface area contributed by atoms with E-state index in [0.717, 1.165) is 58.6 Å². The van der Waals surface area contributed by atoms with Crippen molar-refractivity contribution in [3.63, 3.8) is 0 Å². The molecular formula is C27H33N3O3S. The normalized spacial score (nSPS) is 18.3. The fraction of sp³-hybridized carbons (Fsp3) is 0.444. The molecule has 0 bridgehead atoms. The minimum atomic E-state index is -0.389. The highest BCUT2D eigenvalue weighted by Gasteiger charge is 2.37. The van der Waals surface area contributed by atoms with Crippen molar-refractivity contribution in [2.24, 2.45) is 0 Å². The van der Waals surface area contributed by atoms with Gasteiger partial charge in [0.15, 0.2) is 0 Å². The number of hydrogen-bond acceptors (Lipinski definition) is 4. The maximum Gasteiger partial charge on any atom is 0.294 e. The minimum Gasteiger partial charge on any atom is -0.341 e. The number of aryl methyl sites for hydroxylation is 1. The molecule has 2 aliphatic rings. The molecule has 1 aromatic heterocycles. The second-order valence-corrected chi connectivity index (χ2v) is 11.2. The van der Waals surface area contributed by atoms with E-state index in [-0.39, 0.29) is 29.0 Å². The molecule has 6 nitrogen and oxygen atoms in total. The summed E-state index contributed by atoms with van der Waals surface area (Å²) in [6, 6.07) is 10.6. The van der Waals surface area contributed by atoms with Gasteiger partial charge in [-0.1, -0.05) is 32.9 Å². The minimum absolute atomic E-state index is 0.0860. The first-order chi connectivity index (χ1) is 16.1. The molecule has 180 valence electrons. The first-order valence-corrected chi connectivity index (χ1v) is 12.7. The van der Waals surface area contributed by atoms with Crippen LogP contribution in [0.2, 0.25) is 0 Å². The maximum absolute atomic E-state index is 13.0. The molecule has 0 radical (unpaired) electrons. The van der Waals surface area contributed by atoms with Crippen LogP contribution < -0.4 is 0 Å². The van der Waals surface area contributed by atoms with Crippen LogP contribution in [0.25, 0.3) is 11.8 Å². The number of likely N-dealkylation sites (tertiary alicyclic amines) is 1. The Morgan fingerprint density at radius 1 is 1.03 bits per heavy atom. The van der Waals surface area contributed by atoms with Gasteiger partial charge in [-0.2, -0.15) is 0 Å². The standard InChI is InChI=1S/C27H33N3O3S/c1-18-15-20(19(2)30(18)22-11-9-21(10-12-22)27(3,4)5)16-23-25(32)29(26(33)34-23)17-24(31)28-13-7-6-8-14-28/h9-12,15-16H,6-8,13-14,17H2,1-5H3/b23-16-. The molecule has 4 rings (SSSR count). The topological polar surface area (TPSA) is 62.6 Å². The molecule has 7 heteroatoms. The number of nitrogens with zero attached hydrogens (tertiary/aromatic N) is 3. The van der Waals surface area contributed by atoms with Gasteiger partial charge in [-0.15, -0.1) is 0 Å². The third kappa shape index (κ3) is 4.85. The lowest BCUT2D eigenvalue weighted by Crippen LogP contribution is -2.44. The van der Waals surface area contributed by atoms with Crippen molar-refractivity contribution >= 4 is 34.9 Å². The van der Waals surface area contributed by atoms with Gasteiger partial charge in [0.2, 0.25) is 5.91 Å². The van der Waals surface area contributed by atoms with Crippen molar-refractivity contribution in [2.75, 3.05) is 19.6 Å². The summed E-state index contributed by atoms with van der Waals surface area (Å²) in [5.41, 5.74) is 5.35. The third-order valence-corrected chi connectivity index (χ3v) is 7.53. The Hall–Kier alpha value is -2.80. The zero-order valence-electron chi connectivity index (χ0n) is 20.7. The Bertz CT molecular complexity index is 1150. The number of piperidine rings is 1. The SMILES string of the molecule is Cc1cc(/C=C2\SC(=O)N(CC(=O)N3CCCCC3)C2=O)c(C)n1-c1ccc(C(C)(C)C)cc1. The van der Waals surface area contributed by atoms with Gasteiger partial charge in [0.25, 0.3) is 11.1 Å². The molecule has 0 N–H and O–H groups in total. The number of hydrogen-bond donors (Lipinski definition) is 0. The Kier molecular flexibility index (Phi) is 6.76. The summed E-state index contributed by atoms with van der Waals surface area (Å²) in [6.45, 7) is 11.9. The van der Waals surface area contributed by atoms with E-state index < -0.39 is 0 Å². The van der Waals surface area contributed by atoms with Gasteiger partial charge in [0, 0.05) is 30.2 Å². The molecule has 2 aromatic rings. The van der Waals surface area contributed by atoms with Gasteiger partial charge in [-0.25, -0.2) is 0 Å². The van der Waals surface area contributed by atoms with Crippen LogP contribution in [0.5, 0.6) is 0 Å². The highest BCUT2D eigenvalue weighted by atomic mass is 32.2. The number of carbonyl (C=O) groups is 3.